The van der Waals surface area contributed by atoms with E-state index in [0.29, 0.717) is 15.9 Å². The topological polar surface area (TPSA) is 48.9 Å². The Bertz CT molecular complexity index is 737. The van der Waals surface area contributed by atoms with Crippen LogP contribution in [0, 0.1) is 0 Å². The van der Waals surface area contributed by atoms with Crippen LogP contribution in [0.25, 0.3) is 22.4 Å². The highest BCUT2D eigenvalue weighted by atomic mass is 35.5. The fraction of sp³-hybridized carbons (Fsp3) is 0. The van der Waals surface area contributed by atoms with Gasteiger partial charge in [0.25, 0.3) is 0 Å². The second kappa shape index (κ2) is 4.19. The fourth-order valence-corrected chi connectivity index (χ4v) is 2.13. The lowest BCUT2D eigenvalue weighted by atomic mass is 10.2. The molecule has 0 radical (unpaired) electrons. The monoisotopic (exact) mass is 278 g/mol. The van der Waals surface area contributed by atoms with Crippen molar-refractivity contribution in [3.63, 3.8) is 0 Å². The van der Waals surface area contributed by atoms with Crippen molar-refractivity contribution in [2.24, 2.45) is 0 Å². The first-order chi connectivity index (χ1) is 8.63. The molecule has 0 aliphatic rings. The van der Waals surface area contributed by atoms with Gasteiger partial charge in [-0.25, -0.2) is 4.98 Å². The Kier molecular flexibility index (Phi) is 2.65. The lowest BCUT2D eigenvalue weighted by Crippen LogP contribution is -1.80. The molecule has 5 heteroatoms. The molecular formula is C13H8Cl2N2O. The number of nitrogens with one attached hydrogen (secondary N) is 1. The second-order valence-corrected chi connectivity index (χ2v) is 4.76. The van der Waals surface area contributed by atoms with Crippen LogP contribution in [0.1, 0.15) is 0 Å². The van der Waals surface area contributed by atoms with Gasteiger partial charge >= 0.3 is 0 Å². The highest BCUT2D eigenvalue weighted by Crippen LogP contribution is 2.29. The van der Waals surface area contributed by atoms with Crippen LogP contribution in [-0.2, 0) is 0 Å². The minimum absolute atomic E-state index is 0.0552. The number of halogens is 2. The van der Waals surface area contributed by atoms with Gasteiger partial charge in [0.15, 0.2) is 0 Å². The van der Waals surface area contributed by atoms with Crippen LogP contribution in [0.2, 0.25) is 10.0 Å². The Hall–Kier alpha value is -1.71. The number of benzene rings is 2. The van der Waals surface area contributed by atoms with Gasteiger partial charge in [0, 0.05) is 10.6 Å². The lowest BCUT2D eigenvalue weighted by molar-refractivity contribution is 0.475. The van der Waals surface area contributed by atoms with E-state index in [-0.39, 0.29) is 5.75 Å². The lowest BCUT2D eigenvalue weighted by Gasteiger charge is -1.99. The van der Waals surface area contributed by atoms with Crippen molar-refractivity contribution in [1.29, 1.82) is 0 Å². The molecule has 2 N–H and O–H groups in total. The summed E-state index contributed by atoms with van der Waals surface area (Å²) in [5, 5.41) is 10.3. The molecule has 0 fully saturated rings. The predicted molar refractivity (Wildman–Crippen MR) is 73.2 cm³/mol. The zero-order chi connectivity index (χ0) is 12.7. The number of phenolic OH excluding ortho intramolecular Hbond substituents is 1. The number of H-pyrrole nitrogens is 1. The number of aromatic hydroxyl groups is 1. The van der Waals surface area contributed by atoms with Gasteiger partial charge in [-0.15, -0.1) is 0 Å². The summed E-state index contributed by atoms with van der Waals surface area (Å²) in [4.78, 5) is 7.60. The van der Waals surface area contributed by atoms with E-state index in [0.717, 1.165) is 16.6 Å². The van der Waals surface area contributed by atoms with E-state index in [4.69, 9.17) is 23.2 Å². The normalized spacial score (nSPS) is 11.0. The van der Waals surface area contributed by atoms with Crippen LogP contribution >= 0.6 is 23.2 Å². The molecule has 18 heavy (non-hydrogen) atoms. The molecule has 0 amide bonds. The Morgan fingerprint density at radius 3 is 2.67 bits per heavy atom. The fourth-order valence-electron chi connectivity index (χ4n) is 1.77. The number of aromatic nitrogens is 2. The molecule has 0 atom stereocenters. The molecule has 3 aromatic rings. The summed E-state index contributed by atoms with van der Waals surface area (Å²) in [6.07, 6.45) is 0. The molecule has 90 valence electrons. The second-order valence-electron chi connectivity index (χ2n) is 3.91. The maximum atomic E-state index is 9.39. The Labute approximate surface area is 113 Å². The number of hydrogen-bond acceptors (Lipinski definition) is 2. The molecule has 0 spiro atoms. The Balaban J connectivity index is 2.16. The van der Waals surface area contributed by atoms with E-state index in [9.17, 15) is 5.11 Å². The molecule has 0 aliphatic carbocycles. The first-order valence-corrected chi connectivity index (χ1v) is 6.03. The Morgan fingerprint density at radius 2 is 1.89 bits per heavy atom. The number of fused-ring (bicyclic) bond motifs is 1. The highest BCUT2D eigenvalue weighted by molar-refractivity contribution is 6.32. The zero-order valence-corrected chi connectivity index (χ0v) is 10.6. The quantitative estimate of drug-likeness (QED) is 0.699. The number of nitrogens with zero attached hydrogens (tertiary/aromatic N) is 1. The van der Waals surface area contributed by atoms with E-state index < -0.39 is 0 Å². The molecule has 0 aliphatic heterocycles. The van der Waals surface area contributed by atoms with Gasteiger partial charge in [0.05, 0.1) is 16.1 Å². The molecule has 0 saturated heterocycles. The van der Waals surface area contributed by atoms with Gasteiger partial charge in [-0.2, -0.15) is 0 Å². The summed E-state index contributed by atoms with van der Waals surface area (Å²) in [6, 6.07) is 10.4. The van der Waals surface area contributed by atoms with Gasteiger partial charge in [-0.05, 0) is 36.4 Å². The average Bonchev–Trinajstić information content (AvgIpc) is 2.75. The van der Waals surface area contributed by atoms with Crippen molar-refractivity contribution in [2.75, 3.05) is 0 Å². The molecule has 3 rings (SSSR count). The smallest absolute Gasteiger partial charge is 0.138 e. The summed E-state index contributed by atoms with van der Waals surface area (Å²) in [6.45, 7) is 0. The van der Waals surface area contributed by atoms with Crippen molar-refractivity contribution in [3.05, 3.63) is 46.4 Å². The van der Waals surface area contributed by atoms with E-state index >= 15 is 0 Å². The third-order valence-electron chi connectivity index (χ3n) is 2.67. The van der Waals surface area contributed by atoms with Crippen LogP contribution < -0.4 is 0 Å². The van der Waals surface area contributed by atoms with Crippen LogP contribution in [-0.4, -0.2) is 15.1 Å². The van der Waals surface area contributed by atoms with E-state index in [2.05, 4.69) is 9.97 Å². The summed E-state index contributed by atoms with van der Waals surface area (Å²) in [7, 11) is 0. The first-order valence-electron chi connectivity index (χ1n) is 5.27. The molecule has 3 nitrogen and oxygen atoms in total. The van der Waals surface area contributed by atoms with Crippen LogP contribution in [0.5, 0.6) is 5.75 Å². The molecule has 0 bridgehead atoms. The average molecular weight is 279 g/mol. The first kappa shape index (κ1) is 11.4. The molecule has 1 aromatic heterocycles. The van der Waals surface area contributed by atoms with Crippen LogP contribution in [0.4, 0.5) is 0 Å². The van der Waals surface area contributed by atoms with E-state index in [1.54, 1.807) is 18.2 Å². The minimum Gasteiger partial charge on any atom is -0.506 e. The van der Waals surface area contributed by atoms with Gasteiger partial charge in [-0.1, -0.05) is 23.2 Å². The number of imidazole rings is 1. The maximum absolute atomic E-state index is 9.39. The number of phenols is 1. The van der Waals surface area contributed by atoms with Gasteiger partial charge in [-0.3, -0.25) is 0 Å². The van der Waals surface area contributed by atoms with Crippen molar-refractivity contribution in [2.45, 2.75) is 0 Å². The maximum Gasteiger partial charge on any atom is 0.138 e. The standard InChI is InChI=1S/C13H8Cl2N2O/c14-8-2-3-10-11(6-8)17-13(16-10)7-1-4-12(18)9(15)5-7/h1-6,18H,(H,16,17). The molecule has 0 saturated carbocycles. The third-order valence-corrected chi connectivity index (χ3v) is 3.20. The van der Waals surface area contributed by atoms with Gasteiger partial charge < -0.3 is 10.1 Å². The number of hydrogen-bond donors (Lipinski definition) is 2. The minimum atomic E-state index is 0.0552. The summed E-state index contributed by atoms with van der Waals surface area (Å²) in [5.41, 5.74) is 2.51. The van der Waals surface area contributed by atoms with Crippen LogP contribution in [0.15, 0.2) is 36.4 Å². The van der Waals surface area contributed by atoms with E-state index in [1.807, 2.05) is 12.1 Å². The highest BCUT2D eigenvalue weighted by Gasteiger charge is 2.07. The van der Waals surface area contributed by atoms with Crippen LogP contribution in [0.3, 0.4) is 0 Å². The Morgan fingerprint density at radius 1 is 1.06 bits per heavy atom. The molecule has 2 aromatic carbocycles. The summed E-state index contributed by atoms with van der Waals surface area (Å²) >= 11 is 11.8. The van der Waals surface area contributed by atoms with Crippen molar-refractivity contribution in [1.82, 2.24) is 9.97 Å². The zero-order valence-electron chi connectivity index (χ0n) is 9.11. The van der Waals surface area contributed by atoms with Gasteiger partial charge in [0.1, 0.15) is 11.6 Å². The number of aromatic amines is 1. The molecule has 1 heterocycles. The van der Waals surface area contributed by atoms with Crippen molar-refractivity contribution < 1.29 is 5.11 Å². The SMILES string of the molecule is Oc1ccc(-c2nc3ccc(Cl)cc3[nH]2)cc1Cl. The van der Waals surface area contributed by atoms with E-state index in [1.165, 1.54) is 6.07 Å². The predicted octanol–water partition coefficient (Wildman–Crippen LogP) is 4.24. The van der Waals surface area contributed by atoms with Crippen molar-refractivity contribution in [3.8, 4) is 17.1 Å². The largest absolute Gasteiger partial charge is 0.506 e. The summed E-state index contributed by atoms with van der Waals surface area (Å²) < 4.78 is 0. The summed E-state index contributed by atoms with van der Waals surface area (Å²) in [5.74, 6) is 0.744. The van der Waals surface area contributed by atoms with Gasteiger partial charge in [0.2, 0.25) is 0 Å². The third kappa shape index (κ3) is 1.92. The number of rotatable bonds is 1. The van der Waals surface area contributed by atoms with Crippen molar-refractivity contribution >= 4 is 34.2 Å². The molecule has 0 unspecified atom stereocenters. The molecular weight excluding hydrogens is 271 g/mol.